The maximum absolute atomic E-state index is 11.2. The largest absolute Gasteiger partial charge is 0.485 e. The summed E-state index contributed by atoms with van der Waals surface area (Å²) in [6.07, 6.45) is 0.847. The van der Waals surface area contributed by atoms with Gasteiger partial charge in [0.05, 0.1) is 6.54 Å². The van der Waals surface area contributed by atoms with Gasteiger partial charge in [-0.3, -0.25) is 4.79 Å². The van der Waals surface area contributed by atoms with Crippen molar-refractivity contribution in [3.05, 3.63) is 21.0 Å². The molecule has 0 radical (unpaired) electrons. The van der Waals surface area contributed by atoms with Crippen molar-refractivity contribution in [1.82, 2.24) is 9.88 Å². The number of likely N-dealkylation sites (tertiary alicyclic amines) is 1. The third-order valence-electron chi connectivity index (χ3n) is 2.66. The molecule has 0 aromatic carbocycles. The lowest BCUT2D eigenvalue weighted by atomic mass is 10.3. The summed E-state index contributed by atoms with van der Waals surface area (Å²) < 4.78 is 6.58. The van der Waals surface area contributed by atoms with Crippen molar-refractivity contribution >= 4 is 40.1 Å². The molecule has 1 saturated heterocycles. The van der Waals surface area contributed by atoms with Gasteiger partial charge in [-0.2, -0.15) is 0 Å². The molecule has 0 bridgehead atoms. The maximum Gasteiger partial charge on any atom is 0.219 e. The van der Waals surface area contributed by atoms with Gasteiger partial charge in [-0.1, -0.05) is 11.6 Å². The van der Waals surface area contributed by atoms with Crippen LogP contribution >= 0.6 is 34.2 Å². The number of carbonyl (C=O) groups is 1. The van der Waals surface area contributed by atoms with Crippen LogP contribution < -0.4 is 4.74 Å². The summed E-state index contributed by atoms with van der Waals surface area (Å²) in [5.74, 6) is 0.672. The number of amides is 1. The minimum Gasteiger partial charge on any atom is -0.485 e. The number of pyridine rings is 1. The van der Waals surface area contributed by atoms with Gasteiger partial charge in [0.15, 0.2) is 10.9 Å². The summed E-state index contributed by atoms with van der Waals surface area (Å²) >= 11 is 8.08. The van der Waals surface area contributed by atoms with E-state index in [1.807, 2.05) is 12.1 Å². The van der Waals surface area contributed by atoms with Crippen LogP contribution in [0.5, 0.6) is 5.75 Å². The fourth-order valence-corrected chi connectivity index (χ4v) is 2.54. The van der Waals surface area contributed by atoms with Gasteiger partial charge in [0.1, 0.15) is 9.80 Å². The highest BCUT2D eigenvalue weighted by molar-refractivity contribution is 14.1. The molecule has 17 heavy (non-hydrogen) atoms. The van der Waals surface area contributed by atoms with Gasteiger partial charge in [-0.15, -0.1) is 0 Å². The van der Waals surface area contributed by atoms with Crippen LogP contribution in [0.25, 0.3) is 0 Å². The van der Waals surface area contributed by atoms with E-state index in [0.29, 0.717) is 17.4 Å². The average molecular weight is 367 g/mol. The molecule has 1 atom stereocenters. The highest BCUT2D eigenvalue weighted by Gasteiger charge is 2.26. The molecule has 0 spiro atoms. The van der Waals surface area contributed by atoms with E-state index in [9.17, 15) is 4.79 Å². The molecular weight excluding hydrogens is 354 g/mol. The van der Waals surface area contributed by atoms with Gasteiger partial charge in [-0.25, -0.2) is 4.98 Å². The third kappa shape index (κ3) is 3.22. The molecule has 4 nitrogen and oxygen atoms in total. The number of halogens is 2. The monoisotopic (exact) mass is 366 g/mol. The smallest absolute Gasteiger partial charge is 0.219 e. The van der Waals surface area contributed by atoms with Crippen LogP contribution in [0.2, 0.25) is 5.15 Å². The Morgan fingerprint density at radius 1 is 1.65 bits per heavy atom. The van der Waals surface area contributed by atoms with Gasteiger partial charge >= 0.3 is 0 Å². The Labute approximate surface area is 118 Å². The zero-order valence-corrected chi connectivity index (χ0v) is 12.2. The number of aromatic nitrogens is 1. The van der Waals surface area contributed by atoms with Crippen molar-refractivity contribution < 1.29 is 9.53 Å². The molecule has 6 heteroatoms. The molecule has 1 fully saturated rings. The van der Waals surface area contributed by atoms with Crippen molar-refractivity contribution in [1.29, 1.82) is 0 Å². The molecule has 0 N–H and O–H groups in total. The summed E-state index contributed by atoms with van der Waals surface area (Å²) in [4.78, 5) is 17.1. The molecule has 1 aromatic heterocycles. The van der Waals surface area contributed by atoms with Crippen LogP contribution in [-0.4, -0.2) is 35.0 Å². The predicted octanol–water partition coefficient (Wildman–Crippen LogP) is 2.34. The fourth-order valence-electron chi connectivity index (χ4n) is 1.78. The first-order chi connectivity index (χ1) is 8.06. The first kappa shape index (κ1) is 12.9. The zero-order valence-electron chi connectivity index (χ0n) is 9.32. The summed E-state index contributed by atoms with van der Waals surface area (Å²) in [7, 11) is 0. The summed E-state index contributed by atoms with van der Waals surface area (Å²) in [5, 5.41) is 0.373. The van der Waals surface area contributed by atoms with E-state index < -0.39 is 0 Å². The number of rotatable bonds is 2. The maximum atomic E-state index is 11.2. The Hall–Kier alpha value is -0.560. The lowest BCUT2D eigenvalue weighted by Crippen LogP contribution is -2.28. The standard InChI is InChI=1S/C11H12ClIN2O2/c1-7(16)15-5-4-8(6-15)17-9-2-3-10(13)14-11(9)12/h2-3,8H,4-6H2,1H3. The van der Waals surface area contributed by atoms with E-state index in [4.69, 9.17) is 16.3 Å². The quantitative estimate of drug-likeness (QED) is 0.596. The van der Waals surface area contributed by atoms with Gasteiger partial charge in [0.25, 0.3) is 0 Å². The number of hydrogen-bond donors (Lipinski definition) is 0. The zero-order chi connectivity index (χ0) is 12.4. The van der Waals surface area contributed by atoms with Crippen LogP contribution in [0.3, 0.4) is 0 Å². The van der Waals surface area contributed by atoms with E-state index >= 15 is 0 Å². The van der Waals surface area contributed by atoms with Crippen LogP contribution in [-0.2, 0) is 4.79 Å². The van der Waals surface area contributed by atoms with Crippen LogP contribution in [0.4, 0.5) is 0 Å². The van der Waals surface area contributed by atoms with Gasteiger partial charge in [0.2, 0.25) is 5.91 Å². The number of carbonyl (C=O) groups excluding carboxylic acids is 1. The van der Waals surface area contributed by atoms with Crippen LogP contribution in [0, 0.1) is 3.70 Å². The van der Waals surface area contributed by atoms with Crippen LogP contribution in [0.15, 0.2) is 12.1 Å². The van der Waals surface area contributed by atoms with Gasteiger partial charge in [-0.05, 0) is 34.7 Å². The van der Waals surface area contributed by atoms with E-state index in [2.05, 4.69) is 27.6 Å². The normalized spacial score (nSPS) is 19.5. The lowest BCUT2D eigenvalue weighted by Gasteiger charge is -2.15. The second kappa shape index (κ2) is 5.39. The minimum absolute atomic E-state index is 0.0123. The first-order valence-electron chi connectivity index (χ1n) is 5.30. The van der Waals surface area contributed by atoms with Crippen LogP contribution in [0.1, 0.15) is 13.3 Å². The lowest BCUT2D eigenvalue weighted by molar-refractivity contribution is -0.128. The molecule has 2 rings (SSSR count). The molecule has 1 unspecified atom stereocenters. The first-order valence-corrected chi connectivity index (χ1v) is 6.76. The Bertz CT molecular complexity index is 441. The Balaban J connectivity index is 2.00. The van der Waals surface area contributed by atoms with E-state index in [-0.39, 0.29) is 12.0 Å². The molecule has 1 amide bonds. The Kier molecular flexibility index (Phi) is 4.09. The highest BCUT2D eigenvalue weighted by atomic mass is 127. The third-order valence-corrected chi connectivity index (χ3v) is 3.54. The second-order valence-electron chi connectivity index (χ2n) is 3.92. The Morgan fingerprint density at radius 3 is 3.00 bits per heavy atom. The molecule has 92 valence electrons. The summed E-state index contributed by atoms with van der Waals surface area (Å²) in [5.41, 5.74) is 0. The van der Waals surface area contributed by atoms with Gasteiger partial charge in [0, 0.05) is 19.9 Å². The van der Waals surface area contributed by atoms with E-state index in [1.165, 1.54) is 0 Å². The fraction of sp³-hybridized carbons (Fsp3) is 0.455. The van der Waals surface area contributed by atoms with Crippen molar-refractivity contribution in [2.75, 3.05) is 13.1 Å². The predicted molar refractivity (Wildman–Crippen MR) is 73.3 cm³/mol. The molecule has 0 aliphatic carbocycles. The number of ether oxygens (including phenoxy) is 1. The Morgan fingerprint density at radius 2 is 2.41 bits per heavy atom. The van der Waals surface area contributed by atoms with E-state index in [1.54, 1.807) is 11.8 Å². The summed E-state index contributed by atoms with van der Waals surface area (Å²) in [6.45, 7) is 2.94. The SMILES string of the molecule is CC(=O)N1CCC(Oc2ccc(I)nc2Cl)C1. The number of hydrogen-bond acceptors (Lipinski definition) is 3. The van der Waals surface area contributed by atoms with Crippen molar-refractivity contribution in [2.45, 2.75) is 19.4 Å². The molecule has 1 aromatic rings. The summed E-state index contributed by atoms with van der Waals surface area (Å²) in [6, 6.07) is 3.66. The number of nitrogens with zero attached hydrogens (tertiary/aromatic N) is 2. The van der Waals surface area contributed by atoms with Crippen molar-refractivity contribution in [2.24, 2.45) is 0 Å². The average Bonchev–Trinajstić information content (AvgIpc) is 2.71. The van der Waals surface area contributed by atoms with Crippen molar-refractivity contribution in [3.63, 3.8) is 0 Å². The molecular formula is C11H12ClIN2O2. The second-order valence-corrected chi connectivity index (χ2v) is 5.38. The highest BCUT2D eigenvalue weighted by Crippen LogP contribution is 2.26. The molecule has 0 saturated carbocycles. The van der Waals surface area contributed by atoms with Gasteiger partial charge < -0.3 is 9.64 Å². The topological polar surface area (TPSA) is 42.4 Å². The minimum atomic E-state index is 0.0123. The van der Waals surface area contributed by atoms with E-state index in [0.717, 1.165) is 16.7 Å². The molecule has 2 heterocycles. The van der Waals surface area contributed by atoms with Crippen molar-refractivity contribution in [3.8, 4) is 5.75 Å². The molecule has 1 aliphatic heterocycles. The molecule has 1 aliphatic rings.